The Kier molecular flexibility index (Phi) is 81.8. The first kappa shape index (κ1) is 51.9. The van der Waals surface area contributed by atoms with Crippen LogP contribution < -0.4 is 0 Å². The van der Waals surface area contributed by atoms with E-state index in [4.69, 9.17) is 0 Å². The van der Waals surface area contributed by atoms with Crippen molar-refractivity contribution >= 4 is 0 Å². The van der Waals surface area contributed by atoms with E-state index in [9.17, 15) is 0 Å². The van der Waals surface area contributed by atoms with E-state index in [-0.39, 0.29) is 113 Å². The molecule has 0 nitrogen and oxygen atoms in total. The summed E-state index contributed by atoms with van der Waals surface area (Å²) >= 11 is 0. The van der Waals surface area contributed by atoms with Crippen molar-refractivity contribution in [3.63, 3.8) is 0 Å². The Morgan fingerprint density at radius 2 is 0.519 bits per heavy atom. The van der Waals surface area contributed by atoms with Crippen molar-refractivity contribution in [2.24, 2.45) is 23.7 Å². The van der Waals surface area contributed by atoms with Gasteiger partial charge in [-0.25, -0.2) is 0 Å². The predicted molar refractivity (Wildman–Crippen MR) is 119 cm³/mol. The minimum Gasteiger partial charge on any atom is -0.358 e. The second kappa shape index (κ2) is 42.6. The topological polar surface area (TPSA) is 0 Å². The van der Waals surface area contributed by atoms with Crippen molar-refractivity contribution in [2.45, 2.75) is 82.1 Å². The summed E-state index contributed by atoms with van der Waals surface area (Å²) in [4.78, 5) is 0. The van der Waals surface area contributed by atoms with Gasteiger partial charge in [0.05, 0.1) is 0 Å². The van der Waals surface area contributed by atoms with Gasteiger partial charge in [-0.1, -0.05) is 106 Å². The van der Waals surface area contributed by atoms with Crippen LogP contribution in [0, 0.1) is 38.5 Å². The summed E-state index contributed by atoms with van der Waals surface area (Å²) in [5, 5.41) is 0. The smallest absolute Gasteiger partial charge is 0 e. The standard InChI is InChI=1S/C10H20.C6H6.3C2H6.2CH3.3Y/c1-7-5-9(3)10(4)6-8(7)2;1-2-4-6-5-3-1;3*1-2;;;;;/h7-10H,5-6H2,1-4H3;1-6H;3*1-2H3;2*1H3;;;/q;;;;;2*-1;;;/t7-,8+,9+,10-;;;;;;;;;. The molecule has 2 rings (SSSR count). The fourth-order valence-electron chi connectivity index (χ4n) is 2.49. The molecule has 1 fully saturated rings. The van der Waals surface area contributed by atoms with Crippen LogP contribution in [-0.2, 0) is 98.1 Å². The van der Waals surface area contributed by atoms with E-state index in [2.05, 4.69) is 27.7 Å². The third kappa shape index (κ3) is 33.4. The van der Waals surface area contributed by atoms with E-state index in [0.29, 0.717) is 0 Å². The molecule has 0 heterocycles. The van der Waals surface area contributed by atoms with Crippen molar-refractivity contribution in [3.8, 4) is 0 Å². The largest absolute Gasteiger partial charge is 0.358 e. The summed E-state index contributed by atoms with van der Waals surface area (Å²) in [5.41, 5.74) is 0. The summed E-state index contributed by atoms with van der Waals surface area (Å²) < 4.78 is 0. The van der Waals surface area contributed by atoms with Gasteiger partial charge in [-0.15, -0.1) is 0 Å². The molecule has 1 aromatic carbocycles. The first-order valence-corrected chi connectivity index (χ1v) is 9.61. The molecule has 1 aromatic rings. The molecule has 1 aliphatic carbocycles. The minimum atomic E-state index is 0. The van der Waals surface area contributed by atoms with E-state index in [0.717, 1.165) is 23.7 Å². The first-order chi connectivity index (χ1) is 10.6. The zero-order chi connectivity index (χ0) is 18.0. The molecule has 3 radical (unpaired) electrons. The van der Waals surface area contributed by atoms with E-state index in [1.807, 2.05) is 77.9 Å². The summed E-state index contributed by atoms with van der Waals surface area (Å²) in [6.07, 6.45) is 2.89. The maximum atomic E-state index is 2.40. The Hall–Kier alpha value is 2.53. The number of hydrogen-bond donors (Lipinski definition) is 0. The molecular weight excluding hydrogens is 555 g/mol. The molecule has 0 aliphatic heterocycles. The van der Waals surface area contributed by atoms with Crippen LogP contribution in [0.3, 0.4) is 0 Å². The molecule has 4 atom stereocenters. The Balaban J connectivity index is -0.0000000315. The van der Waals surface area contributed by atoms with Gasteiger partial charge in [0.2, 0.25) is 0 Å². The monoisotopic (exact) mass is 605 g/mol. The molecule has 3 heteroatoms. The van der Waals surface area contributed by atoms with Gasteiger partial charge >= 0.3 is 0 Å². The maximum Gasteiger partial charge on any atom is 0 e. The van der Waals surface area contributed by atoms with Crippen molar-refractivity contribution < 1.29 is 98.1 Å². The second-order valence-electron chi connectivity index (χ2n) is 5.54. The number of benzene rings is 1. The van der Waals surface area contributed by atoms with Crippen LogP contribution in [0.25, 0.3) is 0 Å². The van der Waals surface area contributed by atoms with Crippen molar-refractivity contribution in [3.05, 3.63) is 51.3 Å². The number of hydrogen-bond acceptors (Lipinski definition) is 0. The summed E-state index contributed by atoms with van der Waals surface area (Å²) in [6.45, 7) is 21.6. The molecule has 0 saturated heterocycles. The molecule has 0 amide bonds. The quantitative estimate of drug-likeness (QED) is 0.259. The van der Waals surface area contributed by atoms with Crippen LogP contribution in [0.2, 0.25) is 0 Å². The molecule has 27 heavy (non-hydrogen) atoms. The third-order valence-electron chi connectivity index (χ3n) is 4.10. The van der Waals surface area contributed by atoms with Crippen LogP contribution in [0.1, 0.15) is 82.1 Å². The van der Waals surface area contributed by atoms with Gasteiger partial charge in [0.1, 0.15) is 0 Å². The fraction of sp³-hybridized carbons (Fsp3) is 0.667. The Morgan fingerprint density at radius 1 is 0.407 bits per heavy atom. The summed E-state index contributed by atoms with van der Waals surface area (Å²) in [7, 11) is 0. The van der Waals surface area contributed by atoms with Gasteiger partial charge in [0.15, 0.2) is 0 Å². The molecular formula is C24H50Y3-2. The van der Waals surface area contributed by atoms with E-state index >= 15 is 0 Å². The van der Waals surface area contributed by atoms with E-state index in [1.165, 1.54) is 12.8 Å². The van der Waals surface area contributed by atoms with E-state index in [1.54, 1.807) is 0 Å². The molecule has 0 bridgehead atoms. The summed E-state index contributed by atoms with van der Waals surface area (Å²) in [6, 6.07) is 12.0. The Bertz CT molecular complexity index is 226. The van der Waals surface area contributed by atoms with Gasteiger partial charge in [-0.3, -0.25) is 0 Å². The molecule has 0 spiro atoms. The van der Waals surface area contributed by atoms with Crippen LogP contribution in [-0.4, -0.2) is 0 Å². The predicted octanol–water partition coefficient (Wildman–Crippen LogP) is 8.98. The molecule has 1 saturated carbocycles. The van der Waals surface area contributed by atoms with Crippen molar-refractivity contribution in [1.29, 1.82) is 0 Å². The zero-order valence-corrected chi connectivity index (χ0v) is 29.4. The Labute approximate surface area is 251 Å². The number of rotatable bonds is 0. The molecule has 1 aliphatic rings. The minimum absolute atomic E-state index is 0. The van der Waals surface area contributed by atoms with Gasteiger partial charge in [0.25, 0.3) is 0 Å². The molecule has 0 N–H and O–H groups in total. The second-order valence-corrected chi connectivity index (χ2v) is 5.54. The van der Waals surface area contributed by atoms with Crippen LogP contribution in [0.15, 0.2) is 36.4 Å². The van der Waals surface area contributed by atoms with E-state index < -0.39 is 0 Å². The normalized spacial score (nSPS) is 20.7. The van der Waals surface area contributed by atoms with Gasteiger partial charge in [-0.05, 0) is 36.5 Å². The average molecular weight is 605 g/mol. The van der Waals surface area contributed by atoms with Gasteiger partial charge < -0.3 is 14.9 Å². The molecule has 157 valence electrons. The summed E-state index contributed by atoms with van der Waals surface area (Å²) in [5.74, 6) is 3.86. The fourth-order valence-corrected chi connectivity index (χ4v) is 2.49. The van der Waals surface area contributed by atoms with Crippen LogP contribution in [0.4, 0.5) is 0 Å². The maximum absolute atomic E-state index is 2.40. The van der Waals surface area contributed by atoms with Crippen molar-refractivity contribution in [1.82, 2.24) is 0 Å². The molecule has 0 aromatic heterocycles. The van der Waals surface area contributed by atoms with Crippen LogP contribution >= 0.6 is 0 Å². The SMILES string of the molecule is CC.CC.CC.C[C@@H]1C[C@H](C)[C@H](C)C[C@@H]1C.[CH3-].[CH3-].[Y].[Y].[Y].c1ccccc1. The van der Waals surface area contributed by atoms with Gasteiger partial charge in [0, 0.05) is 98.1 Å². The Morgan fingerprint density at radius 3 is 0.630 bits per heavy atom. The van der Waals surface area contributed by atoms with Gasteiger partial charge in [-0.2, -0.15) is 0 Å². The zero-order valence-electron chi connectivity index (χ0n) is 20.9. The average Bonchev–Trinajstić information content (AvgIpc) is 2.61. The third-order valence-corrected chi connectivity index (χ3v) is 4.10. The van der Waals surface area contributed by atoms with Crippen molar-refractivity contribution in [2.75, 3.05) is 0 Å². The van der Waals surface area contributed by atoms with Crippen LogP contribution in [0.5, 0.6) is 0 Å². The first-order valence-electron chi connectivity index (χ1n) is 9.61. The molecule has 0 unspecified atom stereocenters.